The lowest BCUT2D eigenvalue weighted by atomic mass is 10.1. The Morgan fingerprint density at radius 1 is 0.788 bits per heavy atom. The number of anilines is 2. The van der Waals surface area contributed by atoms with E-state index in [0.717, 1.165) is 62.7 Å². The predicted molar refractivity (Wildman–Crippen MR) is 196 cm³/mol. The first-order valence-corrected chi connectivity index (χ1v) is 17.7. The average Bonchev–Trinajstić information content (AvgIpc) is 3.12. The molecular weight excluding hydrogens is 700 g/mol. The minimum atomic E-state index is -0.681. The standard InChI is InChI=1S/C34H53ClN8O9/c1-47-17-18-48-21-24-52-34(46)40-16-7-4-2-3-5-10-27(44)51-23-20-49-19-22-50-26-13-11-25(12-14-26)9-6-8-15-39-33(38)43-32(45)28-30(36)42-31(37)29(35)41-28/h11-14H,2-10,15-24H2,1H3,(H,40,46)(H4,36,37,42)(H3,38,39,43,45). The van der Waals surface area contributed by atoms with E-state index in [0.29, 0.717) is 59.2 Å². The molecule has 2 rings (SSSR count). The van der Waals surface area contributed by atoms with Crippen LogP contribution in [0.15, 0.2) is 29.3 Å². The molecule has 0 aliphatic carbocycles. The molecule has 290 valence electrons. The topological polar surface area (TPSA) is 247 Å². The highest BCUT2D eigenvalue weighted by Gasteiger charge is 2.16. The van der Waals surface area contributed by atoms with E-state index in [-0.39, 0.29) is 47.6 Å². The van der Waals surface area contributed by atoms with Gasteiger partial charge in [0, 0.05) is 26.6 Å². The zero-order valence-corrected chi connectivity index (χ0v) is 30.6. The summed E-state index contributed by atoms with van der Waals surface area (Å²) in [5, 5.41) is 4.99. The van der Waals surface area contributed by atoms with Crippen LogP contribution in [0.25, 0.3) is 0 Å². The number of methoxy groups -OCH3 is 1. The van der Waals surface area contributed by atoms with Gasteiger partial charge in [0.05, 0.1) is 33.0 Å². The Labute approximate surface area is 309 Å². The number of aromatic nitrogens is 2. The number of nitrogens with zero attached hydrogens (tertiary/aromatic N) is 3. The monoisotopic (exact) mass is 752 g/mol. The van der Waals surface area contributed by atoms with Crippen molar-refractivity contribution in [1.82, 2.24) is 20.6 Å². The van der Waals surface area contributed by atoms with Gasteiger partial charge in [-0.1, -0.05) is 43.0 Å². The molecule has 1 aromatic heterocycles. The maximum Gasteiger partial charge on any atom is 0.407 e. The molecule has 18 heteroatoms. The van der Waals surface area contributed by atoms with E-state index in [2.05, 4.69) is 25.6 Å². The van der Waals surface area contributed by atoms with Crippen molar-refractivity contribution in [3.8, 4) is 5.75 Å². The average molecular weight is 753 g/mol. The molecule has 8 N–H and O–H groups in total. The van der Waals surface area contributed by atoms with Crippen molar-refractivity contribution in [3.63, 3.8) is 0 Å². The molecule has 0 saturated carbocycles. The molecule has 0 spiro atoms. The van der Waals surface area contributed by atoms with Gasteiger partial charge >= 0.3 is 12.1 Å². The lowest BCUT2D eigenvalue weighted by Crippen LogP contribution is -2.38. The number of carbonyl (C=O) groups excluding carboxylic acids is 3. The van der Waals surface area contributed by atoms with Crippen molar-refractivity contribution in [2.75, 3.05) is 84.5 Å². The third-order valence-electron chi connectivity index (χ3n) is 7.15. The number of nitrogens with one attached hydrogen (secondary N) is 2. The second-order valence-corrected chi connectivity index (χ2v) is 11.7. The third kappa shape index (κ3) is 20.4. The first kappa shape index (κ1) is 43.7. The number of aliphatic imine (C=N–C) groups is 1. The van der Waals surface area contributed by atoms with Crippen LogP contribution in [0.3, 0.4) is 0 Å². The van der Waals surface area contributed by atoms with E-state index < -0.39 is 12.0 Å². The molecular formula is C34H53ClN8O9. The van der Waals surface area contributed by atoms with Crippen LogP contribution >= 0.6 is 11.6 Å². The molecule has 1 heterocycles. The third-order valence-corrected chi connectivity index (χ3v) is 7.43. The lowest BCUT2D eigenvalue weighted by molar-refractivity contribution is -0.145. The highest BCUT2D eigenvalue weighted by molar-refractivity contribution is 6.31. The summed E-state index contributed by atoms with van der Waals surface area (Å²) in [7, 11) is 1.60. The number of carbonyl (C=O) groups is 3. The second-order valence-electron chi connectivity index (χ2n) is 11.3. The van der Waals surface area contributed by atoms with Gasteiger partial charge in [0.15, 0.2) is 28.4 Å². The van der Waals surface area contributed by atoms with Crippen LogP contribution < -0.4 is 32.6 Å². The molecule has 0 saturated heterocycles. The SMILES string of the molecule is COCCOCCOC(=O)NCCCCCCCC(=O)OCCOCCOc1ccc(CCCCN=C(N)NC(=O)c2nc(Cl)c(N)nc2N)cc1. The van der Waals surface area contributed by atoms with Gasteiger partial charge in [-0.2, -0.15) is 0 Å². The van der Waals surface area contributed by atoms with E-state index in [1.165, 1.54) is 0 Å². The maximum atomic E-state index is 12.3. The molecule has 0 fully saturated rings. The first-order valence-electron chi connectivity index (χ1n) is 17.3. The fourth-order valence-corrected chi connectivity index (χ4v) is 4.55. The molecule has 0 aliphatic heterocycles. The summed E-state index contributed by atoms with van der Waals surface area (Å²) < 4.78 is 31.5. The highest BCUT2D eigenvalue weighted by Crippen LogP contribution is 2.17. The zero-order valence-electron chi connectivity index (χ0n) is 29.9. The number of aryl methyl sites for hydroxylation is 1. The van der Waals surface area contributed by atoms with Gasteiger partial charge in [-0.25, -0.2) is 14.8 Å². The predicted octanol–water partition coefficient (Wildman–Crippen LogP) is 3.03. The van der Waals surface area contributed by atoms with Crippen LogP contribution in [-0.2, 0) is 34.9 Å². The molecule has 0 unspecified atom stereocenters. The van der Waals surface area contributed by atoms with Crippen LogP contribution in [0, 0.1) is 0 Å². The number of rotatable bonds is 27. The maximum absolute atomic E-state index is 12.3. The first-order chi connectivity index (χ1) is 25.2. The van der Waals surface area contributed by atoms with Gasteiger partial charge in [-0.15, -0.1) is 0 Å². The molecule has 2 aromatic rings. The van der Waals surface area contributed by atoms with E-state index >= 15 is 0 Å². The number of ether oxygens (including phenoxy) is 6. The number of nitrogens with two attached hydrogens (primary N) is 3. The summed E-state index contributed by atoms with van der Waals surface area (Å²) in [6.07, 6.45) is 6.81. The summed E-state index contributed by atoms with van der Waals surface area (Å²) in [6.45, 7) is 3.72. The number of alkyl carbamates (subject to hydrolysis) is 1. The largest absolute Gasteiger partial charge is 0.491 e. The van der Waals surface area contributed by atoms with Crippen molar-refractivity contribution < 1.29 is 42.8 Å². The van der Waals surface area contributed by atoms with Crippen molar-refractivity contribution in [1.29, 1.82) is 0 Å². The van der Waals surface area contributed by atoms with Crippen LogP contribution in [0.2, 0.25) is 5.15 Å². The highest BCUT2D eigenvalue weighted by atomic mass is 35.5. The quantitative estimate of drug-likeness (QED) is 0.0381. The molecule has 52 heavy (non-hydrogen) atoms. The van der Waals surface area contributed by atoms with Crippen molar-refractivity contribution in [3.05, 3.63) is 40.7 Å². The molecule has 17 nitrogen and oxygen atoms in total. The summed E-state index contributed by atoms with van der Waals surface area (Å²) in [5.74, 6) is -0.488. The van der Waals surface area contributed by atoms with Gasteiger partial charge < -0.3 is 50.9 Å². The smallest absolute Gasteiger partial charge is 0.407 e. The number of guanidine groups is 1. The minimum absolute atomic E-state index is 0.0647. The molecule has 1 aromatic carbocycles. The fourth-order valence-electron chi connectivity index (χ4n) is 4.43. The summed E-state index contributed by atoms with van der Waals surface area (Å²) in [5.41, 5.74) is 18.0. The van der Waals surface area contributed by atoms with E-state index in [9.17, 15) is 14.4 Å². The number of esters is 1. The van der Waals surface area contributed by atoms with Crippen LogP contribution in [0.5, 0.6) is 5.75 Å². The Balaban J connectivity index is 1.40. The molecule has 0 bridgehead atoms. The zero-order chi connectivity index (χ0) is 37.8. The number of unbranched alkanes of at least 4 members (excludes halogenated alkanes) is 5. The Morgan fingerprint density at radius 3 is 2.21 bits per heavy atom. The minimum Gasteiger partial charge on any atom is -0.491 e. The number of hydrogen-bond acceptors (Lipinski definition) is 14. The Bertz CT molecular complexity index is 1370. The van der Waals surface area contributed by atoms with Gasteiger partial charge in [-0.3, -0.25) is 19.9 Å². The number of nitrogen functional groups attached to an aromatic ring is 2. The van der Waals surface area contributed by atoms with E-state index in [1.54, 1.807) is 7.11 Å². The number of halogens is 1. The van der Waals surface area contributed by atoms with Crippen molar-refractivity contribution in [2.24, 2.45) is 10.7 Å². The van der Waals surface area contributed by atoms with Gasteiger partial charge in [0.2, 0.25) is 0 Å². The van der Waals surface area contributed by atoms with E-state index in [1.807, 2.05) is 24.3 Å². The number of hydrogen-bond donors (Lipinski definition) is 5. The summed E-state index contributed by atoms with van der Waals surface area (Å²) in [4.78, 5) is 47.6. The molecule has 0 aliphatic rings. The Morgan fingerprint density at radius 2 is 1.46 bits per heavy atom. The van der Waals surface area contributed by atoms with E-state index in [4.69, 9.17) is 57.2 Å². The molecule has 0 atom stereocenters. The van der Waals surface area contributed by atoms with Crippen LogP contribution in [0.1, 0.15) is 67.4 Å². The summed E-state index contributed by atoms with van der Waals surface area (Å²) >= 11 is 5.81. The summed E-state index contributed by atoms with van der Waals surface area (Å²) in [6, 6.07) is 7.80. The van der Waals surface area contributed by atoms with Crippen LogP contribution in [0.4, 0.5) is 16.4 Å². The lowest BCUT2D eigenvalue weighted by Gasteiger charge is -2.09. The van der Waals surface area contributed by atoms with Gasteiger partial charge in [0.1, 0.15) is 25.6 Å². The number of amides is 2. The molecule has 0 radical (unpaired) electrons. The number of benzene rings is 1. The van der Waals surface area contributed by atoms with Crippen molar-refractivity contribution >= 4 is 47.2 Å². The fraction of sp³-hybridized carbons (Fsp3) is 0.588. The van der Waals surface area contributed by atoms with Crippen LogP contribution in [-0.4, -0.2) is 107 Å². The van der Waals surface area contributed by atoms with Gasteiger partial charge in [0.25, 0.3) is 5.91 Å². The Kier molecular flexibility index (Phi) is 22.9. The second kappa shape index (κ2) is 27.2. The molecule has 2 amide bonds. The Hall–Kier alpha value is -4.45. The van der Waals surface area contributed by atoms with Crippen molar-refractivity contribution in [2.45, 2.75) is 57.8 Å². The van der Waals surface area contributed by atoms with Gasteiger partial charge in [-0.05, 0) is 49.8 Å². The normalized spacial score (nSPS) is 11.2.